The van der Waals surface area contributed by atoms with E-state index < -0.39 is 11.6 Å². The summed E-state index contributed by atoms with van der Waals surface area (Å²) in [5.41, 5.74) is 0.992. The average Bonchev–Trinajstić information content (AvgIpc) is 3.24. The fourth-order valence-corrected chi connectivity index (χ4v) is 4.15. The minimum Gasteiger partial charge on any atom is -0.389 e. The Kier molecular flexibility index (Phi) is 6.20. The van der Waals surface area contributed by atoms with E-state index in [1.807, 2.05) is 42.5 Å². The van der Waals surface area contributed by atoms with Gasteiger partial charge in [-0.15, -0.1) is 0 Å². The van der Waals surface area contributed by atoms with E-state index in [1.165, 1.54) is 0 Å². The number of pyridine rings is 1. The maximum absolute atomic E-state index is 12.9. The summed E-state index contributed by atoms with van der Waals surface area (Å²) >= 11 is 0. The van der Waals surface area contributed by atoms with Crippen molar-refractivity contribution >= 4 is 5.91 Å². The average molecular weight is 397 g/mol. The number of aliphatic hydroxyl groups is 1. The van der Waals surface area contributed by atoms with Crippen molar-refractivity contribution in [3.05, 3.63) is 66.0 Å². The number of likely N-dealkylation sites (tertiary alicyclic amines) is 1. The Bertz CT molecular complexity index is 798. The zero-order valence-corrected chi connectivity index (χ0v) is 16.4. The highest BCUT2D eigenvalue weighted by Gasteiger charge is 2.45. The van der Waals surface area contributed by atoms with Gasteiger partial charge in [-0.05, 0) is 29.7 Å². The Morgan fingerprint density at radius 1 is 1.17 bits per heavy atom. The Hall–Kier alpha value is -2.32. The maximum atomic E-state index is 12.9. The van der Waals surface area contributed by atoms with Crippen LogP contribution < -0.4 is 5.32 Å². The van der Waals surface area contributed by atoms with E-state index >= 15 is 0 Å². The first kappa shape index (κ1) is 20.0. The molecule has 2 aromatic rings. The number of ether oxygens (including phenoxy) is 2. The summed E-state index contributed by atoms with van der Waals surface area (Å²) in [5, 5.41) is 14.3. The lowest BCUT2D eigenvalue weighted by molar-refractivity contribution is -0.128. The van der Waals surface area contributed by atoms with Crippen molar-refractivity contribution in [1.82, 2.24) is 15.2 Å². The molecule has 2 N–H and O–H groups in total. The molecule has 0 bridgehead atoms. The van der Waals surface area contributed by atoms with Crippen LogP contribution >= 0.6 is 0 Å². The first-order chi connectivity index (χ1) is 14.2. The second-order valence-electron chi connectivity index (χ2n) is 7.61. The largest absolute Gasteiger partial charge is 0.389 e. The normalized spacial score (nSPS) is 25.8. The van der Waals surface area contributed by atoms with Crippen LogP contribution in [-0.2, 0) is 26.2 Å². The van der Waals surface area contributed by atoms with Crippen LogP contribution in [0, 0.1) is 0 Å². The second-order valence-corrected chi connectivity index (χ2v) is 7.61. The minimum absolute atomic E-state index is 0.116. The molecule has 1 aromatic heterocycles. The van der Waals surface area contributed by atoms with Gasteiger partial charge in [0, 0.05) is 32.0 Å². The fourth-order valence-electron chi connectivity index (χ4n) is 4.15. The summed E-state index contributed by atoms with van der Waals surface area (Å²) in [6, 6.07) is 13.4. The molecule has 2 fully saturated rings. The molecule has 154 valence electrons. The van der Waals surface area contributed by atoms with Crippen LogP contribution in [0.25, 0.3) is 0 Å². The molecule has 7 heteroatoms. The van der Waals surface area contributed by atoms with Crippen molar-refractivity contribution < 1.29 is 19.4 Å². The topological polar surface area (TPSA) is 83.9 Å². The molecule has 0 aliphatic carbocycles. The minimum atomic E-state index is -0.820. The van der Waals surface area contributed by atoms with Crippen molar-refractivity contribution in [2.45, 2.75) is 30.8 Å². The molecule has 1 aromatic carbocycles. The number of carbonyl (C=O) groups excluding carboxylic acids is 1. The molecule has 0 unspecified atom stereocenters. The van der Waals surface area contributed by atoms with E-state index in [0.29, 0.717) is 32.7 Å². The summed E-state index contributed by atoms with van der Waals surface area (Å²) in [6.07, 6.45) is 3.21. The third-order valence-electron chi connectivity index (χ3n) is 5.69. The second kappa shape index (κ2) is 9.00. The van der Waals surface area contributed by atoms with Crippen molar-refractivity contribution in [3.8, 4) is 0 Å². The molecule has 2 saturated heterocycles. The Labute approximate surface area is 170 Å². The summed E-state index contributed by atoms with van der Waals surface area (Å²) in [4.78, 5) is 19.0. The quantitative estimate of drug-likeness (QED) is 0.759. The van der Waals surface area contributed by atoms with Gasteiger partial charge < -0.3 is 19.9 Å². The van der Waals surface area contributed by atoms with Gasteiger partial charge in [-0.2, -0.15) is 0 Å². The van der Waals surface area contributed by atoms with Crippen LogP contribution in [0.15, 0.2) is 54.9 Å². The van der Waals surface area contributed by atoms with Gasteiger partial charge in [0.05, 0.1) is 31.3 Å². The highest BCUT2D eigenvalue weighted by molar-refractivity contribution is 5.79. The van der Waals surface area contributed by atoms with Gasteiger partial charge in [0.2, 0.25) is 5.91 Å². The summed E-state index contributed by atoms with van der Waals surface area (Å²) in [7, 11) is 0. The molecule has 29 heavy (non-hydrogen) atoms. The van der Waals surface area contributed by atoms with Crippen LogP contribution in [0.4, 0.5) is 0 Å². The van der Waals surface area contributed by atoms with E-state index in [9.17, 15) is 9.90 Å². The van der Waals surface area contributed by atoms with E-state index in [1.54, 1.807) is 12.4 Å². The lowest BCUT2D eigenvalue weighted by atomic mass is 9.78. The monoisotopic (exact) mass is 397 g/mol. The fraction of sp³-hybridized carbons (Fsp3) is 0.455. The van der Waals surface area contributed by atoms with Gasteiger partial charge in [-0.25, -0.2) is 0 Å². The predicted octanol–water partition coefficient (Wildman–Crippen LogP) is 1.08. The van der Waals surface area contributed by atoms with Gasteiger partial charge in [0.15, 0.2) is 6.29 Å². The van der Waals surface area contributed by atoms with Crippen LogP contribution in [0.3, 0.4) is 0 Å². The van der Waals surface area contributed by atoms with Gasteiger partial charge in [-0.3, -0.25) is 14.7 Å². The number of aromatic nitrogens is 1. The van der Waals surface area contributed by atoms with Gasteiger partial charge >= 0.3 is 0 Å². The van der Waals surface area contributed by atoms with E-state index in [4.69, 9.17) is 9.47 Å². The predicted molar refractivity (Wildman–Crippen MR) is 107 cm³/mol. The lowest BCUT2D eigenvalue weighted by Crippen LogP contribution is -2.62. The number of aliphatic hydroxyl groups excluding tert-OH is 1. The molecule has 4 rings (SSSR count). The molecule has 2 atom stereocenters. The SMILES string of the molecule is O=C(Cc1ccncc1)N[C@@]1(c2ccccc2)CCN(CC2OCCO2)C[C@H]1O. The maximum Gasteiger partial charge on any atom is 0.225 e. The standard InChI is InChI=1S/C22H27N3O4/c26-19-15-25(16-21-28-12-13-29-21)11-8-22(19,18-4-2-1-3-5-18)24-20(27)14-17-6-9-23-10-7-17/h1-7,9-10,19,21,26H,8,11-16H2,(H,24,27)/t19-,22-/m1/s1. The van der Waals surface area contributed by atoms with Crippen molar-refractivity contribution in [1.29, 1.82) is 0 Å². The third-order valence-corrected chi connectivity index (χ3v) is 5.69. The van der Waals surface area contributed by atoms with Crippen molar-refractivity contribution in [3.63, 3.8) is 0 Å². The summed E-state index contributed by atoms with van der Waals surface area (Å²) in [6.45, 7) is 3.01. The lowest BCUT2D eigenvalue weighted by Gasteiger charge is -2.46. The van der Waals surface area contributed by atoms with E-state index in [2.05, 4.69) is 15.2 Å². The Balaban J connectivity index is 1.50. The van der Waals surface area contributed by atoms with Crippen LogP contribution in [-0.4, -0.2) is 66.1 Å². The molecular formula is C22H27N3O4. The highest BCUT2D eigenvalue weighted by Crippen LogP contribution is 2.34. The number of nitrogens with one attached hydrogen (secondary N) is 1. The first-order valence-corrected chi connectivity index (χ1v) is 10.0. The Morgan fingerprint density at radius 3 is 2.59 bits per heavy atom. The molecular weight excluding hydrogens is 370 g/mol. The zero-order chi connectivity index (χ0) is 20.1. The third kappa shape index (κ3) is 4.64. The van der Waals surface area contributed by atoms with Crippen LogP contribution in [0.1, 0.15) is 17.5 Å². The van der Waals surface area contributed by atoms with Gasteiger partial charge in [0.1, 0.15) is 0 Å². The van der Waals surface area contributed by atoms with E-state index in [0.717, 1.165) is 17.7 Å². The number of hydrogen-bond acceptors (Lipinski definition) is 6. The van der Waals surface area contributed by atoms with Crippen LogP contribution in [0.2, 0.25) is 0 Å². The van der Waals surface area contributed by atoms with Gasteiger partial charge in [-0.1, -0.05) is 30.3 Å². The smallest absolute Gasteiger partial charge is 0.225 e. The number of hydrogen-bond donors (Lipinski definition) is 2. The molecule has 1 amide bonds. The summed E-state index contributed by atoms with van der Waals surface area (Å²) < 4.78 is 11.1. The number of piperidine rings is 1. The number of rotatable bonds is 6. The Morgan fingerprint density at radius 2 is 1.90 bits per heavy atom. The molecule has 2 aliphatic heterocycles. The molecule has 0 saturated carbocycles. The molecule has 0 radical (unpaired) electrons. The molecule has 7 nitrogen and oxygen atoms in total. The van der Waals surface area contributed by atoms with Crippen LogP contribution in [0.5, 0.6) is 0 Å². The molecule has 0 spiro atoms. The number of β-amino-alcohol motifs (C(OH)–C–C–N with tert-alkyl or cyclic N) is 1. The van der Waals surface area contributed by atoms with Gasteiger partial charge in [0.25, 0.3) is 0 Å². The van der Waals surface area contributed by atoms with Crippen molar-refractivity contribution in [2.75, 3.05) is 32.8 Å². The number of carbonyl (C=O) groups is 1. The first-order valence-electron chi connectivity index (χ1n) is 10.0. The number of benzene rings is 1. The number of nitrogens with zero attached hydrogens (tertiary/aromatic N) is 2. The van der Waals surface area contributed by atoms with Crippen molar-refractivity contribution in [2.24, 2.45) is 0 Å². The number of amides is 1. The highest BCUT2D eigenvalue weighted by atomic mass is 16.7. The summed E-state index contributed by atoms with van der Waals surface area (Å²) in [5.74, 6) is -0.116. The van der Waals surface area contributed by atoms with E-state index in [-0.39, 0.29) is 18.6 Å². The molecule has 2 aliphatic rings. The molecule has 3 heterocycles. The zero-order valence-electron chi connectivity index (χ0n) is 16.4.